The number of aromatic nitrogens is 4. The summed E-state index contributed by atoms with van der Waals surface area (Å²) in [5, 5.41) is 8.54. The molecule has 0 saturated carbocycles. The number of carboxylic acid groups (broad SMARTS) is 1. The monoisotopic (exact) mass is 258 g/mol. The molecule has 98 valence electrons. The fraction of sp³-hybridized carbons (Fsp3) is 0.231. The zero-order valence-corrected chi connectivity index (χ0v) is 10.5. The average molecular weight is 258 g/mol. The summed E-state index contributed by atoms with van der Waals surface area (Å²) < 4.78 is 1.83. The fourth-order valence-electron chi connectivity index (χ4n) is 1.63. The highest BCUT2D eigenvalue weighted by atomic mass is 16.4. The minimum atomic E-state index is -0.996. The number of nitrogens with zero attached hydrogens (tertiary/aromatic N) is 4. The van der Waals surface area contributed by atoms with Crippen LogP contribution in [0.2, 0.25) is 0 Å². The van der Waals surface area contributed by atoms with E-state index in [4.69, 9.17) is 5.11 Å². The van der Waals surface area contributed by atoms with Crippen LogP contribution in [0.4, 0.5) is 0 Å². The second kappa shape index (κ2) is 5.90. The summed E-state index contributed by atoms with van der Waals surface area (Å²) in [4.78, 5) is 23.1. The molecule has 1 N–H and O–H groups in total. The van der Waals surface area contributed by atoms with Crippen LogP contribution in [-0.2, 0) is 11.2 Å². The highest BCUT2D eigenvalue weighted by Gasteiger charge is 2.05. The second-order valence-corrected chi connectivity index (χ2v) is 3.95. The van der Waals surface area contributed by atoms with Gasteiger partial charge in [0.15, 0.2) is 0 Å². The van der Waals surface area contributed by atoms with Gasteiger partial charge >= 0.3 is 5.97 Å². The Kier molecular flexibility index (Phi) is 4.02. The van der Waals surface area contributed by atoms with Gasteiger partial charge in [-0.15, -0.1) is 0 Å². The molecule has 0 aliphatic rings. The standard InChI is InChI=1S/C13H14N4O2/c1-2-3-11-14-6-7-17(11)13-15-8-10(9-16-13)4-5-12(18)19/h4-9H,2-3H2,1H3,(H,18,19)/b5-4+. The van der Waals surface area contributed by atoms with Crippen molar-refractivity contribution >= 4 is 12.0 Å². The number of hydrogen-bond acceptors (Lipinski definition) is 4. The van der Waals surface area contributed by atoms with Gasteiger partial charge in [-0.1, -0.05) is 6.92 Å². The van der Waals surface area contributed by atoms with Crippen molar-refractivity contribution in [3.63, 3.8) is 0 Å². The summed E-state index contributed by atoms with van der Waals surface area (Å²) in [6.45, 7) is 2.08. The molecule has 0 spiro atoms. The summed E-state index contributed by atoms with van der Waals surface area (Å²) in [7, 11) is 0. The minimum absolute atomic E-state index is 0.536. The molecule has 0 amide bonds. The molecule has 6 nitrogen and oxygen atoms in total. The molecule has 0 unspecified atom stereocenters. The molecule has 19 heavy (non-hydrogen) atoms. The summed E-state index contributed by atoms with van der Waals surface area (Å²) in [6, 6.07) is 0. The number of aliphatic carboxylic acids is 1. The van der Waals surface area contributed by atoms with Crippen molar-refractivity contribution in [3.8, 4) is 5.95 Å². The molecule has 2 aromatic heterocycles. The molecule has 0 bridgehead atoms. The third-order valence-electron chi connectivity index (χ3n) is 2.48. The van der Waals surface area contributed by atoms with Gasteiger partial charge in [0.1, 0.15) is 5.82 Å². The lowest BCUT2D eigenvalue weighted by Crippen LogP contribution is -2.04. The Bertz CT molecular complexity index is 587. The minimum Gasteiger partial charge on any atom is -0.478 e. The number of carboxylic acids is 1. The highest BCUT2D eigenvalue weighted by Crippen LogP contribution is 2.08. The molecule has 0 atom stereocenters. The first-order chi connectivity index (χ1) is 9.20. The maximum absolute atomic E-state index is 10.4. The molecule has 0 fully saturated rings. The van der Waals surface area contributed by atoms with E-state index in [0.29, 0.717) is 11.5 Å². The van der Waals surface area contributed by atoms with Crippen molar-refractivity contribution in [3.05, 3.63) is 42.3 Å². The maximum Gasteiger partial charge on any atom is 0.328 e. The first kappa shape index (κ1) is 12.9. The summed E-state index contributed by atoms with van der Waals surface area (Å²) in [5.74, 6) is 0.452. The zero-order chi connectivity index (χ0) is 13.7. The largest absolute Gasteiger partial charge is 0.478 e. The van der Waals surface area contributed by atoms with Gasteiger partial charge in [-0.3, -0.25) is 4.57 Å². The van der Waals surface area contributed by atoms with E-state index in [2.05, 4.69) is 21.9 Å². The lowest BCUT2D eigenvalue weighted by atomic mass is 10.3. The van der Waals surface area contributed by atoms with Gasteiger partial charge in [-0.05, 0) is 12.5 Å². The molecule has 2 aromatic rings. The molecule has 2 heterocycles. The summed E-state index contributed by atoms with van der Waals surface area (Å²) >= 11 is 0. The van der Waals surface area contributed by atoms with Gasteiger partial charge < -0.3 is 5.11 Å². The van der Waals surface area contributed by atoms with Crippen LogP contribution < -0.4 is 0 Å². The molecule has 6 heteroatoms. The Morgan fingerprint density at radius 3 is 2.74 bits per heavy atom. The van der Waals surface area contributed by atoms with E-state index >= 15 is 0 Å². The Morgan fingerprint density at radius 2 is 2.11 bits per heavy atom. The normalized spacial score (nSPS) is 11.0. The third-order valence-corrected chi connectivity index (χ3v) is 2.48. The van der Waals surface area contributed by atoms with Crippen LogP contribution >= 0.6 is 0 Å². The smallest absolute Gasteiger partial charge is 0.328 e. The van der Waals surface area contributed by atoms with E-state index in [-0.39, 0.29) is 0 Å². The van der Waals surface area contributed by atoms with E-state index < -0.39 is 5.97 Å². The molecular weight excluding hydrogens is 244 g/mol. The van der Waals surface area contributed by atoms with Gasteiger partial charge in [-0.2, -0.15) is 0 Å². The van der Waals surface area contributed by atoms with Crippen LogP contribution in [-0.4, -0.2) is 30.6 Å². The van der Waals surface area contributed by atoms with Crippen LogP contribution in [0.25, 0.3) is 12.0 Å². The van der Waals surface area contributed by atoms with Crippen molar-refractivity contribution in [2.45, 2.75) is 19.8 Å². The van der Waals surface area contributed by atoms with Crippen LogP contribution in [0.5, 0.6) is 0 Å². The summed E-state index contributed by atoms with van der Waals surface area (Å²) in [5.41, 5.74) is 0.642. The van der Waals surface area contributed by atoms with E-state index in [9.17, 15) is 4.79 Å². The second-order valence-electron chi connectivity index (χ2n) is 3.95. The van der Waals surface area contributed by atoms with Crippen LogP contribution in [0.3, 0.4) is 0 Å². The maximum atomic E-state index is 10.4. The molecule has 0 aliphatic heterocycles. The Morgan fingerprint density at radius 1 is 1.37 bits per heavy atom. The molecule has 2 rings (SSSR count). The van der Waals surface area contributed by atoms with E-state index in [1.165, 1.54) is 6.08 Å². The van der Waals surface area contributed by atoms with E-state index in [1.807, 2.05) is 10.8 Å². The number of aryl methyl sites for hydroxylation is 1. The molecule has 0 aliphatic carbocycles. The zero-order valence-electron chi connectivity index (χ0n) is 10.5. The lowest BCUT2D eigenvalue weighted by Gasteiger charge is -2.04. The van der Waals surface area contributed by atoms with E-state index in [1.54, 1.807) is 18.6 Å². The number of imidazole rings is 1. The molecule has 0 saturated heterocycles. The van der Waals surface area contributed by atoms with Crippen LogP contribution in [0.15, 0.2) is 30.9 Å². The molecular formula is C13H14N4O2. The van der Waals surface area contributed by atoms with Crippen LogP contribution in [0.1, 0.15) is 24.7 Å². The first-order valence-corrected chi connectivity index (χ1v) is 5.96. The van der Waals surface area contributed by atoms with Crippen molar-refractivity contribution in [2.75, 3.05) is 0 Å². The van der Waals surface area contributed by atoms with Crippen molar-refractivity contribution in [1.82, 2.24) is 19.5 Å². The number of carbonyl (C=O) groups is 1. The Labute approximate surface area is 110 Å². The van der Waals surface area contributed by atoms with E-state index in [0.717, 1.165) is 24.7 Å². The van der Waals surface area contributed by atoms with Gasteiger partial charge in [0, 0.05) is 42.8 Å². The van der Waals surface area contributed by atoms with Crippen molar-refractivity contribution < 1.29 is 9.90 Å². The Balaban J connectivity index is 2.22. The van der Waals surface area contributed by atoms with Crippen LogP contribution in [0, 0.1) is 0 Å². The fourth-order valence-corrected chi connectivity index (χ4v) is 1.63. The van der Waals surface area contributed by atoms with Gasteiger partial charge in [-0.25, -0.2) is 19.7 Å². The lowest BCUT2D eigenvalue weighted by molar-refractivity contribution is -0.131. The number of rotatable bonds is 5. The quantitative estimate of drug-likeness (QED) is 0.826. The van der Waals surface area contributed by atoms with Gasteiger partial charge in [0.2, 0.25) is 5.95 Å². The highest BCUT2D eigenvalue weighted by molar-refractivity contribution is 5.85. The molecule has 0 aromatic carbocycles. The predicted octanol–water partition coefficient (Wildman–Crippen LogP) is 1.71. The number of hydrogen-bond donors (Lipinski definition) is 1. The molecule has 0 radical (unpaired) electrons. The van der Waals surface area contributed by atoms with Crippen molar-refractivity contribution in [2.24, 2.45) is 0 Å². The Hall–Kier alpha value is -2.50. The topological polar surface area (TPSA) is 80.9 Å². The van der Waals surface area contributed by atoms with Gasteiger partial charge in [0.25, 0.3) is 0 Å². The van der Waals surface area contributed by atoms with Crippen molar-refractivity contribution in [1.29, 1.82) is 0 Å². The predicted molar refractivity (Wildman–Crippen MR) is 69.8 cm³/mol. The van der Waals surface area contributed by atoms with Gasteiger partial charge in [0.05, 0.1) is 0 Å². The average Bonchev–Trinajstić information content (AvgIpc) is 2.86. The third kappa shape index (κ3) is 3.25. The summed E-state index contributed by atoms with van der Waals surface area (Å²) in [6.07, 6.45) is 11.0. The SMILES string of the molecule is CCCc1nccn1-c1ncc(/C=C/C(=O)O)cn1. The first-order valence-electron chi connectivity index (χ1n) is 5.96.